The molecule has 10 rings (SSSR count). The van der Waals surface area contributed by atoms with Gasteiger partial charge >= 0.3 is 0 Å². The number of imidazole rings is 3. The lowest BCUT2D eigenvalue weighted by molar-refractivity contribution is -0.121. The summed E-state index contributed by atoms with van der Waals surface area (Å²) < 4.78 is 80.1. The number of rotatable bonds is 59. The highest BCUT2D eigenvalue weighted by Gasteiger charge is 2.27. The van der Waals surface area contributed by atoms with E-state index >= 15 is 0 Å². The van der Waals surface area contributed by atoms with Crippen molar-refractivity contribution in [1.29, 1.82) is 0 Å². The molecule has 10 aromatic rings. The minimum absolute atomic E-state index is 0.00117. The van der Waals surface area contributed by atoms with Gasteiger partial charge in [0.2, 0.25) is 29.4 Å². The molecule has 0 saturated carbocycles. The predicted octanol–water partition coefficient (Wildman–Crippen LogP) is 8.24. The zero-order valence-corrected chi connectivity index (χ0v) is 77.0. The number of aromatic nitrogens is 10. The summed E-state index contributed by atoms with van der Waals surface area (Å²) in [4.78, 5) is 150. The molecule has 135 heavy (non-hydrogen) atoms. The highest BCUT2D eigenvalue weighted by Crippen LogP contribution is 2.41. The van der Waals surface area contributed by atoms with Crippen LogP contribution in [0.4, 0.5) is 33.1 Å². The molecule has 724 valence electrons. The van der Waals surface area contributed by atoms with Crippen LogP contribution in [0.2, 0.25) is 0 Å². The number of halogens is 1. The van der Waals surface area contributed by atoms with E-state index in [0.29, 0.717) is 187 Å². The second kappa shape index (κ2) is 52.5. The molecule has 7 aromatic heterocycles. The molecule has 0 aliphatic carbocycles. The number of hydrogen-bond acceptors (Lipinski definition) is 25. The zero-order chi connectivity index (χ0) is 96.8. The number of hydrogen-bond donors (Lipinski definition) is 11. The first-order valence-electron chi connectivity index (χ1n) is 44.0. The second-order valence-corrected chi connectivity index (χ2v) is 31.7. The smallest absolute Gasteiger partial charge is 0.291 e. The van der Waals surface area contributed by atoms with Crippen molar-refractivity contribution in [2.24, 2.45) is 40.4 Å². The van der Waals surface area contributed by atoms with Crippen LogP contribution in [0, 0.1) is 19.7 Å². The average molecular weight is 1870 g/mol. The summed E-state index contributed by atoms with van der Waals surface area (Å²) in [6.07, 6.45) is 13.3. The van der Waals surface area contributed by atoms with Crippen LogP contribution in [-0.4, -0.2) is 251 Å². The van der Waals surface area contributed by atoms with Crippen molar-refractivity contribution in [3.8, 4) is 28.4 Å². The molecule has 44 heteroatoms. The normalized spacial score (nSPS) is 11.3. The molecular weight excluding hydrogens is 1760 g/mol. The molecule has 43 nitrogen and oxygen atoms in total. The number of H-pyrrole nitrogens is 1. The number of carbonyl (C=O) groups is 9. The van der Waals surface area contributed by atoms with Gasteiger partial charge in [-0.3, -0.25) is 47.9 Å². The molecule has 0 aliphatic heterocycles. The Morgan fingerprint density at radius 1 is 0.489 bits per heavy atom. The van der Waals surface area contributed by atoms with Gasteiger partial charge in [0.05, 0.1) is 123 Å². The summed E-state index contributed by atoms with van der Waals surface area (Å²) in [5.74, 6) is -3.29. The third-order valence-electron chi connectivity index (χ3n) is 20.6. The van der Waals surface area contributed by atoms with Crippen LogP contribution in [0.5, 0.6) is 17.2 Å². The molecule has 0 aliphatic rings. The van der Waals surface area contributed by atoms with Gasteiger partial charge in [-0.2, -0.15) is 0 Å². The van der Waals surface area contributed by atoms with Gasteiger partial charge in [0.25, 0.3) is 41.0 Å². The Kier molecular flexibility index (Phi) is 40.1. The lowest BCUT2D eigenvalue weighted by Crippen LogP contribution is -2.33. The van der Waals surface area contributed by atoms with Crippen molar-refractivity contribution in [1.82, 2.24) is 68.6 Å². The number of pyridine rings is 1. The lowest BCUT2D eigenvalue weighted by Gasteiger charge is -2.22. The first-order chi connectivity index (χ1) is 65.0. The van der Waals surface area contributed by atoms with E-state index in [1.165, 1.54) is 61.1 Å². The summed E-state index contributed by atoms with van der Waals surface area (Å²) in [5, 5.41) is 39.4. The van der Waals surface area contributed by atoms with Gasteiger partial charge in [0.1, 0.15) is 52.3 Å². The number of nitrogens with one attached hydrogen (secondary N) is 10. The molecule has 0 bridgehead atoms. The van der Waals surface area contributed by atoms with Crippen molar-refractivity contribution >= 4 is 92.8 Å². The second-order valence-electron chi connectivity index (χ2n) is 31.7. The van der Waals surface area contributed by atoms with Crippen LogP contribution in [0.1, 0.15) is 139 Å². The first-order valence-corrected chi connectivity index (χ1v) is 44.0. The van der Waals surface area contributed by atoms with E-state index in [1.54, 1.807) is 145 Å². The van der Waals surface area contributed by atoms with Crippen LogP contribution in [0.3, 0.4) is 0 Å². The van der Waals surface area contributed by atoms with Crippen molar-refractivity contribution in [3.63, 3.8) is 0 Å². The monoisotopic (exact) mass is 1870 g/mol. The van der Waals surface area contributed by atoms with E-state index in [0.717, 1.165) is 12.8 Å². The molecule has 7 heterocycles. The number of ether oxygens (including phenoxy) is 10. The van der Waals surface area contributed by atoms with Gasteiger partial charge in [-0.15, -0.1) is 0 Å². The molecule has 0 atom stereocenters. The van der Waals surface area contributed by atoms with Crippen LogP contribution < -0.4 is 62.9 Å². The number of aromatic amines is 1. The quantitative estimate of drug-likeness (QED) is 0.00739. The summed E-state index contributed by atoms with van der Waals surface area (Å²) in [7, 11) is 8.04. The number of nitrogens with zero attached hydrogens (tertiary/aromatic N) is 12. The third kappa shape index (κ3) is 32.5. The highest BCUT2D eigenvalue weighted by atomic mass is 19.1. The van der Waals surface area contributed by atoms with Crippen LogP contribution in [0.25, 0.3) is 32.5 Å². The fraction of sp³-hybridized carbons (Fsp3) is 0.440. The number of azide groups is 1. The molecule has 0 fully saturated rings. The van der Waals surface area contributed by atoms with Gasteiger partial charge in [0.15, 0.2) is 17.5 Å². The Bertz CT molecular complexity index is 5780. The molecule has 0 spiro atoms. The minimum Gasteiger partial charge on any atom is -0.491 e. The molecule has 0 unspecified atom stereocenters. The molecule has 0 radical (unpaired) electrons. The van der Waals surface area contributed by atoms with Crippen LogP contribution >= 0.6 is 0 Å². The molecule has 11 N–H and O–H groups in total. The van der Waals surface area contributed by atoms with Crippen molar-refractivity contribution in [3.05, 3.63) is 194 Å². The van der Waals surface area contributed by atoms with Crippen LogP contribution in [0.15, 0.2) is 126 Å². The fourth-order valence-electron chi connectivity index (χ4n) is 13.7. The average Bonchev–Trinajstić information content (AvgIpc) is 1.63. The van der Waals surface area contributed by atoms with Crippen molar-refractivity contribution < 1.29 is 100 Å². The van der Waals surface area contributed by atoms with E-state index in [1.807, 2.05) is 0 Å². The predicted molar refractivity (Wildman–Crippen MR) is 496 cm³/mol. The Morgan fingerprint density at radius 2 is 0.993 bits per heavy atom. The maximum Gasteiger partial charge on any atom is 0.291 e. The molecule has 3 aromatic carbocycles. The first kappa shape index (κ1) is 103. The number of amides is 9. The van der Waals surface area contributed by atoms with Gasteiger partial charge in [-0.1, -0.05) is 24.0 Å². The van der Waals surface area contributed by atoms with Crippen LogP contribution in [-0.2, 0) is 99.7 Å². The zero-order valence-electron chi connectivity index (χ0n) is 77.0. The number of carbonyl (C=O) groups excluding carboxylic acids is 9. The number of unbranched alkanes of at least 4 members (excludes halogenated alkanes) is 3. The molecule has 0 saturated heterocycles. The molecular formula is C91H117FN22O21. The Balaban J connectivity index is 0.497. The maximum absolute atomic E-state index is 14.3. The van der Waals surface area contributed by atoms with Crippen molar-refractivity contribution in [2.45, 2.75) is 84.8 Å². The number of aryl methyl sites for hydroxylation is 8. The highest BCUT2D eigenvalue weighted by molar-refractivity contribution is 6.09. The number of anilines is 5. The van der Waals surface area contributed by atoms with Gasteiger partial charge in [0, 0.05) is 164 Å². The fourth-order valence-corrected chi connectivity index (χ4v) is 13.7. The Hall–Kier alpha value is -14.0. The third-order valence-corrected chi connectivity index (χ3v) is 20.6. The van der Waals surface area contributed by atoms with E-state index in [9.17, 15) is 57.4 Å². The number of benzene rings is 3. The summed E-state index contributed by atoms with van der Waals surface area (Å²) in [6.45, 7) is 13.6. The summed E-state index contributed by atoms with van der Waals surface area (Å²) in [6, 6.07) is 19.4. The maximum atomic E-state index is 14.3. The summed E-state index contributed by atoms with van der Waals surface area (Å²) >= 11 is 0. The summed E-state index contributed by atoms with van der Waals surface area (Å²) in [5.41, 5.74) is 11.8. The Labute approximate surface area is 777 Å². The molecule has 9 amide bonds. The minimum atomic E-state index is -1.23. The van der Waals surface area contributed by atoms with Gasteiger partial charge < -0.3 is 133 Å². The van der Waals surface area contributed by atoms with Gasteiger partial charge in [-0.25, -0.2) is 19.3 Å². The lowest BCUT2D eigenvalue weighted by atomic mass is 9.93. The van der Waals surface area contributed by atoms with E-state index < -0.39 is 52.9 Å². The van der Waals surface area contributed by atoms with E-state index in [-0.39, 0.29) is 133 Å². The Morgan fingerprint density at radius 3 is 1.55 bits per heavy atom. The number of fused-ring (bicyclic) bond motifs is 1. The van der Waals surface area contributed by atoms with Gasteiger partial charge in [-0.05, 0) is 129 Å². The van der Waals surface area contributed by atoms with E-state index in [2.05, 4.69) is 77.8 Å². The standard InChI is InChI=1S/C91H117FN22O21/c1-59-48-62(92)49-60(2)80(59)135-73-19-14-61(91(3,4)125)50-67(73)69-56-113(9)90(124)79-68(69)53-70(103-79)84(118)100-63-15-17-66(18-16-63)134-47-46-133-45-44-132-43-42-131-41-40-130-39-38-129-37-36-128-35-34-127-33-32-126-31-28-94-76(115)20-24-98-87(121)82-106-74(57-111(82)7)104-78(117)22-26-97-86(120)72-52-65(55-114(72)29-13-11-10-12-23-99-108-93)102-89(123)83-107-75(58-112(83)8)105-77(116)21-25-96-85(119)71-51-64(54-110(71)6)101-88(122)81-95-27-30-109(81)5/h14-19,27,30,48-58,103,125H,10-13,20-26,28-29,31-47H2,1-9H3,(H,94,115)(H,96,119)(H,97,120)(H,98,121)(H,100,118)(H,101,122)(H,102,123)(H,104,117)(H,105,116). The van der Waals surface area contributed by atoms with Crippen molar-refractivity contribution in [2.75, 3.05) is 172 Å². The SMILES string of the molecule is Cc1cc(F)cc(C)c1Oc1ccc(C(C)(C)O)cc1-c1cn(C)c(=O)c2[nH]c(C(=O)Nc3ccc(OCCOCCOCCOCCOCCOCCOCCOCCOCCNC(=O)CCNC(=O)c4nc(NC(=O)CCNC(=O)c5cc(NC(=O)c6nc(NC(=O)CCNC(=O)c7cc(NC(=O)c8nccn8C)cn7C)cn6C)cn5CCCCCCN=[N+]=[N-])cn4C)cc3)cc12. The number of aliphatic hydroxyl groups is 1. The largest absolute Gasteiger partial charge is 0.491 e. The topological polar surface area (TPSA) is 524 Å². The van der Waals surface area contributed by atoms with E-state index in [4.69, 9.17) is 52.9 Å².